The van der Waals surface area contributed by atoms with E-state index in [1.807, 2.05) is 32.8 Å². The molecule has 1 atom stereocenters. The summed E-state index contributed by atoms with van der Waals surface area (Å²) >= 11 is 0. The van der Waals surface area contributed by atoms with Gasteiger partial charge in [-0.05, 0) is 63.8 Å². The zero-order valence-corrected chi connectivity index (χ0v) is 17.7. The van der Waals surface area contributed by atoms with Gasteiger partial charge < -0.3 is 19.6 Å². The highest BCUT2D eigenvalue weighted by molar-refractivity contribution is 6.46. The Morgan fingerprint density at radius 2 is 1.90 bits per heavy atom. The average Bonchev–Trinajstić information content (AvgIpc) is 2.97. The maximum absolute atomic E-state index is 12.9. The quantitative estimate of drug-likeness (QED) is 0.430. The molecule has 0 radical (unpaired) electrons. The van der Waals surface area contributed by atoms with E-state index in [9.17, 15) is 14.7 Å². The second kappa shape index (κ2) is 9.09. The first-order valence-corrected chi connectivity index (χ1v) is 9.89. The number of Topliss-reactive ketones (excluding diaryl/α,β-unsaturated/α-hetero) is 1. The Kier molecular flexibility index (Phi) is 6.52. The zero-order chi connectivity index (χ0) is 21.8. The molecule has 1 unspecified atom stereocenters. The van der Waals surface area contributed by atoms with Crippen LogP contribution in [0.5, 0.6) is 5.75 Å². The van der Waals surface area contributed by atoms with Crippen molar-refractivity contribution in [2.75, 3.05) is 27.2 Å². The molecular weight excluding hydrogens is 382 g/mol. The average molecular weight is 409 g/mol. The molecule has 7 heteroatoms. The van der Waals surface area contributed by atoms with Gasteiger partial charge >= 0.3 is 0 Å². The number of aromatic nitrogens is 1. The van der Waals surface area contributed by atoms with Crippen LogP contribution in [-0.4, -0.2) is 64.9 Å². The van der Waals surface area contributed by atoms with Crippen LogP contribution in [0.4, 0.5) is 0 Å². The predicted molar refractivity (Wildman–Crippen MR) is 114 cm³/mol. The number of amides is 1. The molecule has 1 N–H and O–H groups in total. The Balaban J connectivity index is 2.05. The van der Waals surface area contributed by atoms with Crippen molar-refractivity contribution in [1.82, 2.24) is 14.8 Å². The highest BCUT2D eigenvalue weighted by atomic mass is 16.5. The number of hydrogen-bond donors (Lipinski definition) is 1. The van der Waals surface area contributed by atoms with Crippen molar-refractivity contribution >= 4 is 17.4 Å². The standard InChI is InChI=1S/C23H27N3O4/c1-15(2)30-18-9-7-16(8-10-18)21(27)19-20(17-6-5-11-24-14-17)26(13-12-25(3)4)23(29)22(19)28/h5-11,14-15,20,27H,12-13H2,1-4H3/b21-19-. The summed E-state index contributed by atoms with van der Waals surface area (Å²) in [5.41, 5.74) is 1.20. The molecule has 1 aromatic heterocycles. The lowest BCUT2D eigenvalue weighted by Crippen LogP contribution is -2.35. The topological polar surface area (TPSA) is 83.0 Å². The van der Waals surface area contributed by atoms with Gasteiger partial charge in [-0.15, -0.1) is 0 Å². The van der Waals surface area contributed by atoms with E-state index in [1.165, 1.54) is 4.90 Å². The van der Waals surface area contributed by atoms with Crippen molar-refractivity contribution in [3.8, 4) is 5.75 Å². The van der Waals surface area contributed by atoms with Gasteiger partial charge in [0.2, 0.25) is 0 Å². The molecule has 158 valence electrons. The van der Waals surface area contributed by atoms with Crippen LogP contribution < -0.4 is 4.74 Å². The molecule has 1 aliphatic rings. The molecule has 1 amide bonds. The normalized spacial score (nSPS) is 18.5. The van der Waals surface area contributed by atoms with Crippen molar-refractivity contribution in [2.45, 2.75) is 26.0 Å². The number of pyridine rings is 1. The number of nitrogens with zero attached hydrogens (tertiary/aromatic N) is 3. The molecule has 1 aromatic carbocycles. The Morgan fingerprint density at radius 1 is 1.20 bits per heavy atom. The summed E-state index contributed by atoms with van der Waals surface area (Å²) < 4.78 is 5.63. The molecule has 0 saturated carbocycles. The molecule has 0 bridgehead atoms. The highest BCUT2D eigenvalue weighted by Gasteiger charge is 2.45. The summed E-state index contributed by atoms with van der Waals surface area (Å²) in [7, 11) is 3.80. The number of aliphatic hydroxyl groups is 1. The van der Waals surface area contributed by atoms with Crippen LogP contribution in [0.25, 0.3) is 5.76 Å². The molecular formula is C23H27N3O4. The number of carbonyl (C=O) groups is 2. The van der Waals surface area contributed by atoms with Crippen LogP contribution in [0.3, 0.4) is 0 Å². The second-order valence-electron chi connectivity index (χ2n) is 7.77. The number of likely N-dealkylation sites (tertiary alicyclic amines) is 1. The van der Waals surface area contributed by atoms with E-state index in [2.05, 4.69) is 4.98 Å². The van der Waals surface area contributed by atoms with Gasteiger partial charge in [-0.1, -0.05) is 6.07 Å². The largest absolute Gasteiger partial charge is 0.507 e. The fraction of sp³-hybridized carbons (Fsp3) is 0.348. The van der Waals surface area contributed by atoms with Crippen LogP contribution in [0.2, 0.25) is 0 Å². The third-order valence-electron chi connectivity index (χ3n) is 4.83. The molecule has 7 nitrogen and oxygen atoms in total. The minimum absolute atomic E-state index is 0.0250. The first-order valence-electron chi connectivity index (χ1n) is 9.89. The van der Waals surface area contributed by atoms with E-state index in [0.29, 0.717) is 30.0 Å². The predicted octanol–water partition coefficient (Wildman–Crippen LogP) is 2.85. The summed E-state index contributed by atoms with van der Waals surface area (Å²) in [6.07, 6.45) is 3.27. The lowest BCUT2D eigenvalue weighted by Gasteiger charge is -2.26. The highest BCUT2D eigenvalue weighted by Crippen LogP contribution is 2.39. The molecule has 3 rings (SSSR count). The van der Waals surface area contributed by atoms with Crippen LogP contribution >= 0.6 is 0 Å². The Bertz CT molecular complexity index is 937. The summed E-state index contributed by atoms with van der Waals surface area (Å²) in [6.45, 7) is 4.80. The van der Waals surface area contributed by atoms with Crippen molar-refractivity contribution in [2.24, 2.45) is 0 Å². The molecule has 1 saturated heterocycles. The monoisotopic (exact) mass is 409 g/mol. The summed E-state index contributed by atoms with van der Waals surface area (Å²) in [6, 6.07) is 9.69. The minimum Gasteiger partial charge on any atom is -0.507 e. The van der Waals surface area contributed by atoms with Gasteiger partial charge in [-0.25, -0.2) is 0 Å². The van der Waals surface area contributed by atoms with Gasteiger partial charge in [0.15, 0.2) is 0 Å². The van der Waals surface area contributed by atoms with E-state index in [4.69, 9.17) is 4.74 Å². The van der Waals surface area contributed by atoms with Crippen LogP contribution in [0.1, 0.15) is 31.0 Å². The second-order valence-corrected chi connectivity index (χ2v) is 7.77. The van der Waals surface area contributed by atoms with Crippen LogP contribution in [0.15, 0.2) is 54.4 Å². The SMILES string of the molecule is CC(C)Oc1ccc(/C(O)=C2/C(=O)C(=O)N(CCN(C)C)C2c2cccnc2)cc1. The number of likely N-dealkylation sites (N-methyl/N-ethyl adjacent to an activating group) is 1. The summed E-state index contributed by atoms with van der Waals surface area (Å²) in [4.78, 5) is 33.3. The van der Waals surface area contributed by atoms with Crippen molar-refractivity contribution < 1.29 is 19.4 Å². The third kappa shape index (κ3) is 4.52. The Labute approximate surface area is 176 Å². The van der Waals surface area contributed by atoms with Gasteiger partial charge in [0.25, 0.3) is 11.7 Å². The molecule has 1 aliphatic heterocycles. The molecule has 2 aromatic rings. The Morgan fingerprint density at radius 3 is 2.47 bits per heavy atom. The summed E-state index contributed by atoms with van der Waals surface area (Å²) in [5, 5.41) is 11.0. The molecule has 0 aliphatic carbocycles. The molecule has 2 heterocycles. The van der Waals surface area contributed by atoms with Crippen LogP contribution in [0, 0.1) is 0 Å². The smallest absolute Gasteiger partial charge is 0.295 e. The number of aliphatic hydroxyl groups excluding tert-OH is 1. The maximum Gasteiger partial charge on any atom is 0.295 e. The van der Waals surface area contributed by atoms with Gasteiger partial charge in [0.05, 0.1) is 17.7 Å². The third-order valence-corrected chi connectivity index (χ3v) is 4.83. The van der Waals surface area contributed by atoms with Gasteiger partial charge in [0, 0.05) is 31.0 Å². The molecule has 0 spiro atoms. The maximum atomic E-state index is 12.9. The first kappa shape index (κ1) is 21.5. The van der Waals surface area contributed by atoms with Crippen molar-refractivity contribution in [3.05, 3.63) is 65.5 Å². The molecule has 30 heavy (non-hydrogen) atoms. The minimum atomic E-state index is -0.692. The van der Waals surface area contributed by atoms with Crippen LogP contribution in [-0.2, 0) is 9.59 Å². The van der Waals surface area contributed by atoms with Crippen molar-refractivity contribution in [3.63, 3.8) is 0 Å². The number of ketones is 1. The lowest BCUT2D eigenvalue weighted by atomic mass is 9.96. The van der Waals surface area contributed by atoms with Gasteiger partial charge in [-0.2, -0.15) is 0 Å². The summed E-state index contributed by atoms with van der Waals surface area (Å²) in [5.74, 6) is -0.850. The van der Waals surface area contributed by atoms with E-state index in [0.717, 1.165) is 0 Å². The fourth-order valence-corrected chi connectivity index (χ4v) is 3.42. The van der Waals surface area contributed by atoms with Gasteiger partial charge in [-0.3, -0.25) is 14.6 Å². The zero-order valence-electron chi connectivity index (χ0n) is 17.7. The van der Waals surface area contributed by atoms with E-state index in [-0.39, 0.29) is 17.4 Å². The molecule has 1 fully saturated rings. The first-order chi connectivity index (χ1) is 14.3. The number of benzene rings is 1. The van der Waals surface area contributed by atoms with Gasteiger partial charge in [0.1, 0.15) is 11.5 Å². The van der Waals surface area contributed by atoms with E-state index < -0.39 is 17.7 Å². The lowest BCUT2D eigenvalue weighted by molar-refractivity contribution is -0.140. The number of rotatable bonds is 7. The van der Waals surface area contributed by atoms with E-state index in [1.54, 1.807) is 48.8 Å². The number of carbonyl (C=O) groups excluding carboxylic acids is 2. The number of ether oxygens (including phenoxy) is 1. The fourth-order valence-electron chi connectivity index (χ4n) is 3.42. The number of hydrogen-bond acceptors (Lipinski definition) is 6. The Hall–Kier alpha value is -3.19. The van der Waals surface area contributed by atoms with E-state index >= 15 is 0 Å². The van der Waals surface area contributed by atoms with Crippen molar-refractivity contribution in [1.29, 1.82) is 0 Å².